The van der Waals surface area contributed by atoms with Crippen LogP contribution in [0.5, 0.6) is 0 Å². The largest absolute Gasteiger partial charge is 0.315 e. The molecule has 0 aromatic carbocycles. The van der Waals surface area contributed by atoms with E-state index in [9.17, 15) is 0 Å². The Balaban J connectivity index is 2.65. The molecule has 1 unspecified atom stereocenters. The number of hydrogen-bond acceptors (Lipinski definition) is 3. The van der Waals surface area contributed by atoms with Crippen LogP contribution >= 0.6 is 22.9 Å². The van der Waals surface area contributed by atoms with E-state index in [0.29, 0.717) is 0 Å². The minimum Gasteiger partial charge on any atom is -0.315 e. The Hall–Kier alpha value is -0.0900. The van der Waals surface area contributed by atoms with Crippen LogP contribution in [0.15, 0.2) is 17.5 Å². The lowest BCUT2D eigenvalue weighted by Crippen LogP contribution is -2.08. The molecule has 0 aliphatic heterocycles. The first kappa shape index (κ1) is 7.02. The van der Waals surface area contributed by atoms with Crippen molar-refractivity contribution in [3.05, 3.63) is 22.4 Å². The van der Waals surface area contributed by atoms with Gasteiger partial charge in [0.05, 0.1) is 0 Å². The lowest BCUT2D eigenvalue weighted by atomic mass is 10.5. The van der Waals surface area contributed by atoms with Gasteiger partial charge in [-0.25, -0.2) is 0 Å². The van der Waals surface area contributed by atoms with Crippen LogP contribution in [0.1, 0.15) is 10.4 Å². The van der Waals surface area contributed by atoms with Crippen molar-refractivity contribution in [3.8, 4) is 0 Å². The number of nitrogens with one attached hydrogen (secondary N) is 1. The maximum Gasteiger partial charge on any atom is 0.140 e. The fraction of sp³-hybridized carbons (Fsp3) is 0.200. The van der Waals surface area contributed by atoms with Gasteiger partial charge < -0.3 is 5.21 Å². The Morgan fingerprint density at radius 3 is 3.00 bits per heavy atom. The highest BCUT2D eigenvalue weighted by Crippen LogP contribution is 2.20. The number of alkyl halides is 1. The molecule has 1 heterocycles. The van der Waals surface area contributed by atoms with E-state index in [0.717, 1.165) is 4.88 Å². The zero-order valence-corrected chi connectivity index (χ0v) is 6.12. The second-order valence-electron chi connectivity index (χ2n) is 1.51. The van der Waals surface area contributed by atoms with E-state index in [1.54, 1.807) is 0 Å². The minimum absolute atomic E-state index is 0.468. The van der Waals surface area contributed by atoms with Crippen molar-refractivity contribution in [2.45, 2.75) is 5.50 Å². The van der Waals surface area contributed by atoms with Crippen LogP contribution in [0, 0.1) is 0 Å². The fourth-order valence-corrected chi connectivity index (χ4v) is 1.37. The number of halogens is 1. The van der Waals surface area contributed by atoms with Crippen LogP contribution < -0.4 is 5.48 Å². The monoisotopic (exact) mass is 163 g/mol. The summed E-state index contributed by atoms with van der Waals surface area (Å²) in [5.74, 6) is 0. The Labute approximate surface area is 62.0 Å². The zero-order chi connectivity index (χ0) is 6.69. The summed E-state index contributed by atoms with van der Waals surface area (Å²) in [5, 5.41) is 10.2. The highest BCUT2D eigenvalue weighted by atomic mass is 35.5. The highest BCUT2D eigenvalue weighted by Gasteiger charge is 2.04. The second-order valence-corrected chi connectivity index (χ2v) is 2.92. The van der Waals surface area contributed by atoms with Crippen molar-refractivity contribution < 1.29 is 5.21 Å². The highest BCUT2D eigenvalue weighted by molar-refractivity contribution is 7.10. The molecule has 0 aliphatic rings. The van der Waals surface area contributed by atoms with Crippen molar-refractivity contribution in [2.24, 2.45) is 0 Å². The topological polar surface area (TPSA) is 32.3 Å². The van der Waals surface area contributed by atoms with Gasteiger partial charge in [0.1, 0.15) is 5.50 Å². The van der Waals surface area contributed by atoms with Crippen molar-refractivity contribution in [1.29, 1.82) is 0 Å². The summed E-state index contributed by atoms with van der Waals surface area (Å²) in [6, 6.07) is 3.73. The summed E-state index contributed by atoms with van der Waals surface area (Å²) in [6.07, 6.45) is 0. The lowest BCUT2D eigenvalue weighted by molar-refractivity contribution is 0.156. The third-order valence-electron chi connectivity index (χ3n) is 0.906. The Morgan fingerprint density at radius 1 is 1.78 bits per heavy atom. The smallest absolute Gasteiger partial charge is 0.140 e. The predicted octanol–water partition coefficient (Wildman–Crippen LogP) is 1.96. The van der Waals surface area contributed by atoms with Gasteiger partial charge >= 0.3 is 0 Å². The fourth-order valence-electron chi connectivity index (χ4n) is 0.499. The molecule has 0 fully saturated rings. The van der Waals surface area contributed by atoms with Crippen LogP contribution in [-0.2, 0) is 0 Å². The maximum atomic E-state index is 8.33. The summed E-state index contributed by atoms with van der Waals surface area (Å²) in [4.78, 5) is 0.916. The van der Waals surface area contributed by atoms with E-state index in [4.69, 9.17) is 16.8 Å². The van der Waals surface area contributed by atoms with Crippen LogP contribution in [0.3, 0.4) is 0 Å². The molecule has 0 spiro atoms. The number of rotatable bonds is 2. The summed E-state index contributed by atoms with van der Waals surface area (Å²) in [7, 11) is 0. The second kappa shape index (κ2) is 3.17. The van der Waals surface area contributed by atoms with Gasteiger partial charge in [0.15, 0.2) is 0 Å². The first-order valence-corrected chi connectivity index (χ1v) is 3.73. The minimum atomic E-state index is -0.468. The summed E-state index contributed by atoms with van der Waals surface area (Å²) in [5.41, 5.74) is 1.48. The Kier molecular flexibility index (Phi) is 2.48. The molecule has 0 saturated heterocycles. The van der Waals surface area contributed by atoms with Crippen LogP contribution in [0.25, 0.3) is 0 Å². The molecule has 2 N–H and O–H groups in total. The van der Waals surface area contributed by atoms with Crippen molar-refractivity contribution >= 4 is 22.9 Å². The SMILES string of the molecule is ONC(Cl)c1cccs1. The van der Waals surface area contributed by atoms with Gasteiger partial charge in [-0.1, -0.05) is 17.7 Å². The quantitative estimate of drug-likeness (QED) is 0.397. The molecule has 0 bridgehead atoms. The molecule has 1 aromatic rings. The molecule has 0 amide bonds. The van der Waals surface area contributed by atoms with Crippen molar-refractivity contribution in [3.63, 3.8) is 0 Å². The molecule has 0 radical (unpaired) electrons. The van der Waals surface area contributed by atoms with Crippen LogP contribution in [-0.4, -0.2) is 5.21 Å². The molecule has 50 valence electrons. The predicted molar refractivity (Wildman–Crippen MR) is 37.8 cm³/mol. The molecule has 1 atom stereocenters. The van der Waals surface area contributed by atoms with Crippen LogP contribution in [0.2, 0.25) is 0 Å². The van der Waals surface area contributed by atoms with E-state index in [1.807, 2.05) is 23.0 Å². The van der Waals surface area contributed by atoms with Gasteiger partial charge in [0.2, 0.25) is 0 Å². The summed E-state index contributed by atoms with van der Waals surface area (Å²) >= 11 is 7.08. The Morgan fingerprint density at radius 2 is 2.56 bits per heavy atom. The van der Waals surface area contributed by atoms with Gasteiger partial charge in [0, 0.05) is 4.88 Å². The first-order chi connectivity index (χ1) is 4.34. The van der Waals surface area contributed by atoms with E-state index in [-0.39, 0.29) is 0 Å². The normalized spacial score (nSPS) is 13.6. The van der Waals surface area contributed by atoms with Gasteiger partial charge in [-0.15, -0.1) is 11.3 Å². The molecule has 9 heavy (non-hydrogen) atoms. The average molecular weight is 164 g/mol. The standard InChI is InChI=1S/C5H6ClNOS/c6-5(7-8)4-2-1-3-9-4/h1-3,5,7-8H. The Bertz CT molecular complexity index is 165. The van der Waals surface area contributed by atoms with Gasteiger partial charge in [-0.05, 0) is 11.4 Å². The third-order valence-corrected chi connectivity index (χ3v) is 2.31. The van der Waals surface area contributed by atoms with Gasteiger partial charge in [-0.2, -0.15) is 5.48 Å². The number of thiophene rings is 1. The molecule has 0 aliphatic carbocycles. The molecule has 2 nitrogen and oxygen atoms in total. The average Bonchev–Trinajstić information content (AvgIpc) is 2.37. The van der Waals surface area contributed by atoms with Gasteiger partial charge in [0.25, 0.3) is 0 Å². The third kappa shape index (κ3) is 1.66. The van der Waals surface area contributed by atoms with Crippen molar-refractivity contribution in [1.82, 2.24) is 5.48 Å². The van der Waals surface area contributed by atoms with Crippen molar-refractivity contribution in [2.75, 3.05) is 0 Å². The summed E-state index contributed by atoms with van der Waals surface area (Å²) in [6.45, 7) is 0. The molecule has 1 aromatic heterocycles. The van der Waals surface area contributed by atoms with E-state index >= 15 is 0 Å². The first-order valence-electron chi connectivity index (χ1n) is 2.41. The molecule has 0 saturated carbocycles. The zero-order valence-electron chi connectivity index (χ0n) is 4.54. The lowest BCUT2D eigenvalue weighted by Gasteiger charge is -2.00. The number of hydroxylamine groups is 1. The van der Waals surface area contributed by atoms with E-state index < -0.39 is 5.50 Å². The molecule has 1 rings (SSSR count). The van der Waals surface area contributed by atoms with Gasteiger partial charge in [-0.3, -0.25) is 0 Å². The van der Waals surface area contributed by atoms with E-state index in [1.165, 1.54) is 11.3 Å². The molecular weight excluding hydrogens is 158 g/mol. The molecule has 4 heteroatoms. The van der Waals surface area contributed by atoms with Crippen LogP contribution in [0.4, 0.5) is 0 Å². The maximum absolute atomic E-state index is 8.33. The number of hydrogen-bond donors (Lipinski definition) is 2. The molecular formula is C5H6ClNOS. The summed E-state index contributed by atoms with van der Waals surface area (Å²) < 4.78 is 0. The van der Waals surface area contributed by atoms with E-state index in [2.05, 4.69) is 0 Å².